The molecule has 3 rings (SSSR count). The monoisotopic (exact) mass is 401 g/mol. The number of para-hydroxylation sites is 2. The van der Waals surface area contributed by atoms with Crippen molar-refractivity contribution in [1.29, 1.82) is 0 Å². The summed E-state index contributed by atoms with van der Waals surface area (Å²) in [6.45, 7) is 7.68. The van der Waals surface area contributed by atoms with E-state index in [1.54, 1.807) is 12.1 Å². The average Bonchev–Trinajstić information content (AvgIpc) is 2.74. The lowest BCUT2D eigenvalue weighted by Crippen LogP contribution is -2.40. The van der Waals surface area contributed by atoms with E-state index in [-0.39, 0.29) is 12.0 Å². The molecule has 7 heteroatoms. The van der Waals surface area contributed by atoms with E-state index >= 15 is 0 Å². The maximum Gasteiger partial charge on any atom is 0.251 e. The first-order chi connectivity index (χ1) is 14.2. The highest BCUT2D eigenvalue weighted by Gasteiger charge is 2.23. The van der Waals surface area contributed by atoms with Gasteiger partial charge in [-0.25, -0.2) is 0 Å². The highest BCUT2D eigenvalue weighted by molar-refractivity contribution is 5.95. The van der Waals surface area contributed by atoms with Crippen molar-refractivity contribution in [1.82, 2.24) is 5.32 Å². The van der Waals surface area contributed by atoms with Crippen LogP contribution in [0.25, 0.3) is 0 Å². The Hall–Kier alpha value is -3.09. The molecule has 0 spiro atoms. The molecule has 0 aliphatic carbocycles. The van der Waals surface area contributed by atoms with Crippen molar-refractivity contribution in [2.45, 2.75) is 26.9 Å². The van der Waals surface area contributed by atoms with Gasteiger partial charge >= 0.3 is 0 Å². The van der Waals surface area contributed by atoms with Crippen molar-refractivity contribution in [2.24, 2.45) is 0 Å². The Morgan fingerprint density at radius 2 is 1.62 bits per heavy atom. The molecule has 0 radical (unpaired) electrons. The summed E-state index contributed by atoms with van der Waals surface area (Å²) >= 11 is 0. The summed E-state index contributed by atoms with van der Waals surface area (Å²) in [6.07, 6.45) is -0.269. The molecule has 0 saturated carbocycles. The zero-order chi connectivity index (χ0) is 20.6. The third kappa shape index (κ3) is 5.04. The van der Waals surface area contributed by atoms with Crippen molar-refractivity contribution >= 4 is 5.91 Å². The lowest BCUT2D eigenvalue weighted by molar-refractivity contribution is 0.0788. The van der Waals surface area contributed by atoms with Crippen molar-refractivity contribution in [2.75, 3.05) is 33.0 Å². The van der Waals surface area contributed by atoms with Crippen LogP contribution in [0.15, 0.2) is 36.4 Å². The smallest absolute Gasteiger partial charge is 0.251 e. The normalized spacial score (nSPS) is 14.8. The minimum absolute atomic E-state index is 0.252. The number of rotatable bonds is 9. The fourth-order valence-electron chi connectivity index (χ4n) is 2.99. The second-order valence-corrected chi connectivity index (χ2v) is 6.31. The van der Waals surface area contributed by atoms with Crippen LogP contribution in [-0.2, 0) is 0 Å². The van der Waals surface area contributed by atoms with Crippen LogP contribution in [-0.4, -0.2) is 45.0 Å². The maximum absolute atomic E-state index is 12.8. The fourth-order valence-corrected chi connectivity index (χ4v) is 2.99. The van der Waals surface area contributed by atoms with E-state index in [9.17, 15) is 4.79 Å². The highest BCUT2D eigenvalue weighted by atomic mass is 16.6. The number of ether oxygens (including phenoxy) is 5. The van der Waals surface area contributed by atoms with Crippen LogP contribution in [0, 0.1) is 0 Å². The molecule has 1 amide bonds. The zero-order valence-corrected chi connectivity index (χ0v) is 17.0. The van der Waals surface area contributed by atoms with E-state index in [4.69, 9.17) is 23.7 Å². The molecule has 29 heavy (non-hydrogen) atoms. The molecule has 1 unspecified atom stereocenters. The molecule has 1 aliphatic rings. The Labute approximate surface area is 170 Å². The van der Waals surface area contributed by atoms with Gasteiger partial charge in [0.15, 0.2) is 23.0 Å². The van der Waals surface area contributed by atoms with Crippen LogP contribution in [0.4, 0.5) is 0 Å². The van der Waals surface area contributed by atoms with E-state index in [0.29, 0.717) is 67.3 Å². The Kier molecular flexibility index (Phi) is 7.05. The number of fused-ring (bicyclic) bond motifs is 1. The Balaban J connectivity index is 1.71. The van der Waals surface area contributed by atoms with Gasteiger partial charge in [-0.2, -0.15) is 0 Å². The number of hydrogen-bond donors (Lipinski definition) is 1. The third-order valence-corrected chi connectivity index (χ3v) is 4.23. The minimum atomic E-state index is -0.269. The molecule has 1 heterocycles. The average molecular weight is 401 g/mol. The van der Waals surface area contributed by atoms with Gasteiger partial charge in [0.25, 0.3) is 5.91 Å². The van der Waals surface area contributed by atoms with Crippen LogP contribution in [0.5, 0.6) is 28.7 Å². The van der Waals surface area contributed by atoms with Crippen molar-refractivity contribution in [3.63, 3.8) is 0 Å². The van der Waals surface area contributed by atoms with Gasteiger partial charge in [0, 0.05) is 5.56 Å². The standard InChI is InChI=1S/C22H27NO6/c1-4-25-19-11-15(12-20(26-5-2)21(19)27-6-3)22(24)23-13-16-14-28-17-9-7-8-10-18(17)29-16/h7-12,16H,4-6,13-14H2,1-3H3,(H,23,24). The summed E-state index contributed by atoms with van der Waals surface area (Å²) < 4.78 is 28.6. The number of hydrogen-bond acceptors (Lipinski definition) is 6. The minimum Gasteiger partial charge on any atom is -0.490 e. The summed E-state index contributed by atoms with van der Waals surface area (Å²) in [6, 6.07) is 10.8. The SMILES string of the molecule is CCOc1cc(C(=O)NCC2COc3ccccc3O2)cc(OCC)c1OCC. The summed E-state index contributed by atoms with van der Waals surface area (Å²) in [5.41, 5.74) is 0.428. The lowest BCUT2D eigenvalue weighted by Gasteiger charge is -2.26. The van der Waals surface area contributed by atoms with E-state index in [0.717, 1.165) is 0 Å². The fraction of sp³-hybridized carbons (Fsp3) is 0.409. The van der Waals surface area contributed by atoms with Crippen molar-refractivity contribution in [3.05, 3.63) is 42.0 Å². The van der Waals surface area contributed by atoms with E-state index in [1.165, 1.54) is 0 Å². The lowest BCUT2D eigenvalue weighted by atomic mass is 10.1. The van der Waals surface area contributed by atoms with E-state index in [2.05, 4.69) is 5.32 Å². The predicted molar refractivity (Wildman–Crippen MR) is 109 cm³/mol. The number of benzene rings is 2. The molecular formula is C22H27NO6. The first-order valence-electron chi connectivity index (χ1n) is 9.89. The number of nitrogens with one attached hydrogen (secondary N) is 1. The first-order valence-corrected chi connectivity index (χ1v) is 9.89. The largest absolute Gasteiger partial charge is 0.490 e. The van der Waals surface area contributed by atoms with Crippen LogP contribution in [0.2, 0.25) is 0 Å². The maximum atomic E-state index is 12.8. The van der Waals surface area contributed by atoms with Gasteiger partial charge in [-0.15, -0.1) is 0 Å². The Bertz CT molecular complexity index is 811. The van der Waals surface area contributed by atoms with Gasteiger partial charge in [-0.3, -0.25) is 4.79 Å². The van der Waals surface area contributed by atoms with Gasteiger partial charge in [0.2, 0.25) is 5.75 Å². The second-order valence-electron chi connectivity index (χ2n) is 6.31. The number of carbonyl (C=O) groups is 1. The second kappa shape index (κ2) is 9.91. The first kappa shape index (κ1) is 20.6. The van der Waals surface area contributed by atoms with Crippen LogP contribution < -0.4 is 29.0 Å². The van der Waals surface area contributed by atoms with Crippen molar-refractivity contribution in [3.8, 4) is 28.7 Å². The molecule has 7 nitrogen and oxygen atoms in total. The molecule has 0 aromatic heterocycles. The van der Waals surface area contributed by atoms with E-state index in [1.807, 2.05) is 45.0 Å². The van der Waals surface area contributed by atoms with Crippen LogP contribution >= 0.6 is 0 Å². The Morgan fingerprint density at radius 3 is 2.24 bits per heavy atom. The predicted octanol–water partition coefficient (Wildman–Crippen LogP) is 3.45. The van der Waals surface area contributed by atoms with Crippen LogP contribution in [0.3, 0.4) is 0 Å². The van der Waals surface area contributed by atoms with Crippen LogP contribution in [0.1, 0.15) is 31.1 Å². The summed E-state index contributed by atoms with van der Waals surface area (Å²) in [4.78, 5) is 12.8. The van der Waals surface area contributed by atoms with E-state index < -0.39 is 0 Å². The summed E-state index contributed by atoms with van der Waals surface area (Å²) in [7, 11) is 0. The molecule has 0 saturated heterocycles. The third-order valence-electron chi connectivity index (χ3n) is 4.23. The molecule has 0 fully saturated rings. The highest BCUT2D eigenvalue weighted by Crippen LogP contribution is 2.39. The molecule has 1 N–H and O–H groups in total. The van der Waals surface area contributed by atoms with Gasteiger partial charge in [-0.1, -0.05) is 12.1 Å². The molecule has 2 aromatic rings. The molecule has 1 aliphatic heterocycles. The number of carbonyl (C=O) groups excluding carboxylic acids is 1. The summed E-state index contributed by atoms with van der Waals surface area (Å²) in [5, 5.41) is 2.89. The quantitative estimate of drug-likeness (QED) is 0.694. The van der Waals surface area contributed by atoms with Gasteiger partial charge < -0.3 is 29.0 Å². The van der Waals surface area contributed by atoms with Gasteiger partial charge in [0.05, 0.1) is 26.4 Å². The van der Waals surface area contributed by atoms with Gasteiger partial charge in [-0.05, 0) is 45.0 Å². The molecular weight excluding hydrogens is 374 g/mol. The molecule has 1 atom stereocenters. The zero-order valence-electron chi connectivity index (χ0n) is 17.0. The summed E-state index contributed by atoms with van der Waals surface area (Å²) in [5.74, 6) is 2.61. The topological polar surface area (TPSA) is 75.3 Å². The van der Waals surface area contributed by atoms with Crippen molar-refractivity contribution < 1.29 is 28.5 Å². The number of amides is 1. The molecule has 156 valence electrons. The Morgan fingerprint density at radius 1 is 1.00 bits per heavy atom. The molecule has 2 aromatic carbocycles. The van der Waals surface area contributed by atoms with Gasteiger partial charge in [0.1, 0.15) is 12.7 Å². The molecule has 0 bridgehead atoms.